The van der Waals surface area contributed by atoms with Gasteiger partial charge in [0.25, 0.3) is 0 Å². The van der Waals surface area contributed by atoms with E-state index in [1.807, 2.05) is 31.3 Å². The second-order valence-corrected chi connectivity index (χ2v) is 3.87. The third-order valence-electron chi connectivity index (χ3n) is 2.48. The molecule has 3 heteroatoms. The lowest BCUT2D eigenvalue weighted by Gasteiger charge is -2.14. The molecule has 0 aliphatic heterocycles. The highest BCUT2D eigenvalue weighted by atomic mass is 15.0. The van der Waals surface area contributed by atoms with Gasteiger partial charge in [-0.15, -0.1) is 0 Å². The van der Waals surface area contributed by atoms with Crippen LogP contribution in [0.25, 0.3) is 0 Å². The first-order valence-corrected chi connectivity index (χ1v) is 5.35. The normalized spacial score (nSPS) is 12.1. The predicted octanol–water partition coefficient (Wildman–Crippen LogP) is 2.96. The molecule has 2 heterocycles. The Morgan fingerprint density at radius 3 is 2.50 bits per heavy atom. The molecule has 16 heavy (non-hydrogen) atoms. The number of hydrogen-bond acceptors (Lipinski definition) is 3. The first kappa shape index (κ1) is 10.6. The van der Waals surface area contributed by atoms with Crippen LogP contribution in [0.2, 0.25) is 0 Å². The molecule has 0 fully saturated rings. The minimum Gasteiger partial charge on any atom is -0.364 e. The zero-order valence-corrected chi connectivity index (χ0v) is 9.51. The molecule has 3 nitrogen and oxygen atoms in total. The van der Waals surface area contributed by atoms with Gasteiger partial charge in [0.05, 0.1) is 6.04 Å². The minimum absolute atomic E-state index is 0.234. The maximum Gasteiger partial charge on any atom is 0.126 e. The number of aromatic nitrogens is 2. The van der Waals surface area contributed by atoms with Gasteiger partial charge in [-0.05, 0) is 43.2 Å². The molecule has 0 aliphatic carbocycles. The van der Waals surface area contributed by atoms with Crippen LogP contribution in [0.3, 0.4) is 0 Å². The Kier molecular flexibility index (Phi) is 3.15. The van der Waals surface area contributed by atoms with Gasteiger partial charge >= 0.3 is 0 Å². The largest absolute Gasteiger partial charge is 0.364 e. The molecule has 0 amide bonds. The van der Waals surface area contributed by atoms with Crippen molar-refractivity contribution in [3.05, 3.63) is 54.0 Å². The molecule has 0 spiro atoms. The molecule has 1 atom stereocenters. The molecule has 0 saturated heterocycles. The topological polar surface area (TPSA) is 37.8 Å². The average Bonchev–Trinajstić information content (AvgIpc) is 2.33. The van der Waals surface area contributed by atoms with E-state index in [9.17, 15) is 0 Å². The number of nitrogens with one attached hydrogen (secondary N) is 1. The molecule has 1 unspecified atom stereocenters. The highest BCUT2D eigenvalue weighted by Gasteiger charge is 2.04. The van der Waals surface area contributed by atoms with E-state index in [2.05, 4.69) is 28.3 Å². The molecular weight excluding hydrogens is 198 g/mol. The van der Waals surface area contributed by atoms with Gasteiger partial charge in [-0.3, -0.25) is 4.98 Å². The monoisotopic (exact) mass is 213 g/mol. The van der Waals surface area contributed by atoms with Crippen molar-refractivity contribution >= 4 is 5.82 Å². The van der Waals surface area contributed by atoms with Crippen LogP contribution < -0.4 is 5.32 Å². The second-order valence-electron chi connectivity index (χ2n) is 3.87. The third-order valence-corrected chi connectivity index (χ3v) is 2.48. The van der Waals surface area contributed by atoms with Crippen molar-refractivity contribution in [1.29, 1.82) is 0 Å². The van der Waals surface area contributed by atoms with Crippen LogP contribution in [-0.4, -0.2) is 9.97 Å². The van der Waals surface area contributed by atoms with Gasteiger partial charge in [-0.2, -0.15) is 0 Å². The predicted molar refractivity (Wildman–Crippen MR) is 65.2 cm³/mol. The summed E-state index contributed by atoms with van der Waals surface area (Å²) >= 11 is 0. The third kappa shape index (κ3) is 2.57. The summed E-state index contributed by atoms with van der Waals surface area (Å²) in [4.78, 5) is 8.32. The SMILES string of the molecule is Cc1ccc(NC(C)c2ccncc2)nc1. The van der Waals surface area contributed by atoms with Gasteiger partial charge in [0.15, 0.2) is 0 Å². The zero-order valence-electron chi connectivity index (χ0n) is 9.51. The van der Waals surface area contributed by atoms with Crippen LogP contribution in [0.4, 0.5) is 5.82 Å². The van der Waals surface area contributed by atoms with Crippen molar-refractivity contribution in [2.75, 3.05) is 5.32 Å². The van der Waals surface area contributed by atoms with E-state index < -0.39 is 0 Å². The lowest BCUT2D eigenvalue weighted by atomic mass is 10.1. The Balaban J connectivity index is 2.08. The molecule has 0 bridgehead atoms. The molecule has 0 aliphatic rings. The highest BCUT2D eigenvalue weighted by Crippen LogP contribution is 2.16. The van der Waals surface area contributed by atoms with Gasteiger partial charge in [-0.25, -0.2) is 4.98 Å². The minimum atomic E-state index is 0.234. The Hall–Kier alpha value is -1.90. The molecule has 0 saturated carbocycles. The lowest BCUT2D eigenvalue weighted by Crippen LogP contribution is -2.07. The van der Waals surface area contributed by atoms with E-state index in [1.165, 1.54) is 11.1 Å². The van der Waals surface area contributed by atoms with E-state index in [0.29, 0.717) is 0 Å². The van der Waals surface area contributed by atoms with Gasteiger partial charge in [0, 0.05) is 18.6 Å². The summed E-state index contributed by atoms with van der Waals surface area (Å²) in [6, 6.07) is 8.29. The van der Waals surface area contributed by atoms with E-state index in [1.54, 1.807) is 12.4 Å². The Labute approximate surface area is 95.6 Å². The summed E-state index contributed by atoms with van der Waals surface area (Å²) in [7, 11) is 0. The van der Waals surface area contributed by atoms with E-state index in [4.69, 9.17) is 0 Å². The molecule has 1 N–H and O–H groups in total. The molecule has 2 aromatic heterocycles. The van der Waals surface area contributed by atoms with Crippen molar-refractivity contribution in [2.24, 2.45) is 0 Å². The Bertz CT molecular complexity index is 436. The highest BCUT2D eigenvalue weighted by molar-refractivity contribution is 5.38. The fourth-order valence-electron chi connectivity index (χ4n) is 1.51. The fraction of sp³-hybridized carbons (Fsp3) is 0.231. The smallest absolute Gasteiger partial charge is 0.126 e. The molecule has 2 rings (SSSR count). The fourth-order valence-corrected chi connectivity index (χ4v) is 1.51. The first-order chi connectivity index (χ1) is 7.75. The zero-order chi connectivity index (χ0) is 11.4. The molecule has 2 aromatic rings. The van der Waals surface area contributed by atoms with Crippen molar-refractivity contribution < 1.29 is 0 Å². The quantitative estimate of drug-likeness (QED) is 0.851. The molecule has 0 aromatic carbocycles. The number of aryl methyl sites for hydroxylation is 1. The molecule has 0 radical (unpaired) electrons. The van der Waals surface area contributed by atoms with Gasteiger partial charge in [0.2, 0.25) is 0 Å². The molecular formula is C13H15N3. The molecule has 82 valence electrons. The van der Waals surface area contributed by atoms with Crippen LogP contribution >= 0.6 is 0 Å². The number of anilines is 1. The van der Waals surface area contributed by atoms with Crippen molar-refractivity contribution in [3.63, 3.8) is 0 Å². The number of rotatable bonds is 3. The number of pyridine rings is 2. The van der Waals surface area contributed by atoms with Crippen molar-refractivity contribution in [2.45, 2.75) is 19.9 Å². The summed E-state index contributed by atoms with van der Waals surface area (Å²) < 4.78 is 0. The van der Waals surface area contributed by atoms with Crippen LogP contribution in [0.1, 0.15) is 24.1 Å². The summed E-state index contributed by atoms with van der Waals surface area (Å²) in [5, 5.41) is 3.35. The maximum absolute atomic E-state index is 4.32. The number of nitrogens with zero attached hydrogens (tertiary/aromatic N) is 2. The van der Waals surface area contributed by atoms with Crippen molar-refractivity contribution in [3.8, 4) is 0 Å². The Morgan fingerprint density at radius 2 is 1.88 bits per heavy atom. The van der Waals surface area contributed by atoms with Crippen LogP contribution in [0.5, 0.6) is 0 Å². The van der Waals surface area contributed by atoms with Crippen molar-refractivity contribution in [1.82, 2.24) is 9.97 Å². The van der Waals surface area contributed by atoms with E-state index in [0.717, 1.165) is 5.82 Å². The number of hydrogen-bond donors (Lipinski definition) is 1. The average molecular weight is 213 g/mol. The Morgan fingerprint density at radius 1 is 1.12 bits per heavy atom. The summed E-state index contributed by atoms with van der Waals surface area (Å²) in [6.45, 7) is 4.14. The lowest BCUT2D eigenvalue weighted by molar-refractivity contribution is 0.870. The maximum atomic E-state index is 4.32. The van der Waals surface area contributed by atoms with Crippen LogP contribution in [0, 0.1) is 6.92 Å². The second kappa shape index (κ2) is 4.75. The van der Waals surface area contributed by atoms with E-state index in [-0.39, 0.29) is 6.04 Å². The van der Waals surface area contributed by atoms with Gasteiger partial charge < -0.3 is 5.32 Å². The van der Waals surface area contributed by atoms with Crippen LogP contribution in [0.15, 0.2) is 42.9 Å². The summed E-state index contributed by atoms with van der Waals surface area (Å²) in [5.74, 6) is 0.898. The van der Waals surface area contributed by atoms with Crippen LogP contribution in [-0.2, 0) is 0 Å². The standard InChI is InChI=1S/C13H15N3/c1-10-3-4-13(15-9-10)16-11(2)12-5-7-14-8-6-12/h3-9,11H,1-2H3,(H,15,16). The summed E-state index contributed by atoms with van der Waals surface area (Å²) in [6.07, 6.45) is 5.47. The van der Waals surface area contributed by atoms with Gasteiger partial charge in [0.1, 0.15) is 5.82 Å². The first-order valence-electron chi connectivity index (χ1n) is 5.35. The van der Waals surface area contributed by atoms with E-state index >= 15 is 0 Å². The van der Waals surface area contributed by atoms with Gasteiger partial charge in [-0.1, -0.05) is 6.07 Å². The summed E-state index contributed by atoms with van der Waals surface area (Å²) in [5.41, 5.74) is 2.37.